The van der Waals surface area contributed by atoms with Gasteiger partial charge in [-0.2, -0.15) is 4.98 Å². The molecule has 0 atom stereocenters. The molecule has 0 unspecified atom stereocenters. The maximum Gasteiger partial charge on any atom is 0.335 e. The van der Waals surface area contributed by atoms with E-state index in [4.69, 9.17) is 4.74 Å². The normalized spacial score (nSPS) is 11.6. The van der Waals surface area contributed by atoms with Gasteiger partial charge in [-0.05, 0) is 30.5 Å². The van der Waals surface area contributed by atoms with Gasteiger partial charge in [0.25, 0.3) is 0 Å². The van der Waals surface area contributed by atoms with Crippen LogP contribution in [-0.4, -0.2) is 34.5 Å². The van der Waals surface area contributed by atoms with Crippen LogP contribution in [0.25, 0.3) is 5.69 Å². The molecule has 1 aromatic carbocycles. The van der Waals surface area contributed by atoms with E-state index in [0.717, 1.165) is 25.2 Å². The predicted octanol–water partition coefficient (Wildman–Crippen LogP) is 2.67. The van der Waals surface area contributed by atoms with Crippen molar-refractivity contribution in [3.05, 3.63) is 36.7 Å². The van der Waals surface area contributed by atoms with Crippen LogP contribution < -0.4 is 10.1 Å². The minimum absolute atomic E-state index is 0.365. The van der Waals surface area contributed by atoms with E-state index in [0.29, 0.717) is 18.0 Å². The number of nitrogens with one attached hydrogen (secondary N) is 1. The van der Waals surface area contributed by atoms with Gasteiger partial charge in [-0.1, -0.05) is 39.0 Å². The van der Waals surface area contributed by atoms with Crippen molar-refractivity contribution < 1.29 is 4.74 Å². The molecule has 0 fully saturated rings. The number of hydrogen-bond acceptors (Lipinski definition) is 4. The summed E-state index contributed by atoms with van der Waals surface area (Å²) in [7, 11) is 0. The zero-order valence-electron chi connectivity index (χ0n) is 13.0. The van der Waals surface area contributed by atoms with E-state index in [9.17, 15) is 0 Å². The van der Waals surface area contributed by atoms with E-state index in [1.54, 1.807) is 11.0 Å². The largest absolute Gasteiger partial charge is 0.461 e. The summed E-state index contributed by atoms with van der Waals surface area (Å²) in [4.78, 5) is 4.15. The number of rotatable bonds is 7. The van der Waals surface area contributed by atoms with Gasteiger partial charge in [-0.3, -0.25) is 0 Å². The van der Waals surface area contributed by atoms with E-state index >= 15 is 0 Å². The van der Waals surface area contributed by atoms with Crippen LogP contribution in [0, 0.1) is 5.41 Å². The molecule has 5 heteroatoms. The highest BCUT2D eigenvalue weighted by molar-refractivity contribution is 5.29. The average molecular weight is 288 g/mol. The molecule has 0 radical (unpaired) electrons. The summed E-state index contributed by atoms with van der Waals surface area (Å²) in [5, 5.41) is 7.66. The lowest BCUT2D eigenvalue weighted by Gasteiger charge is -2.17. The summed E-state index contributed by atoms with van der Waals surface area (Å²) >= 11 is 0. The van der Waals surface area contributed by atoms with Crippen LogP contribution in [0.1, 0.15) is 27.2 Å². The number of para-hydroxylation sites is 1. The predicted molar refractivity (Wildman–Crippen MR) is 83.8 cm³/mol. The highest BCUT2D eigenvalue weighted by Crippen LogP contribution is 2.16. The second-order valence-corrected chi connectivity index (χ2v) is 6.22. The third-order valence-electron chi connectivity index (χ3n) is 3.05. The lowest BCUT2D eigenvalue weighted by atomic mass is 9.92. The molecule has 5 nitrogen and oxygen atoms in total. The number of nitrogens with zero attached hydrogens (tertiary/aromatic N) is 3. The molecule has 0 bridgehead atoms. The molecule has 2 aromatic rings. The highest BCUT2D eigenvalue weighted by Gasteiger charge is 2.08. The number of hydrogen-bond donors (Lipinski definition) is 1. The van der Waals surface area contributed by atoms with Crippen LogP contribution in [0.2, 0.25) is 0 Å². The Morgan fingerprint density at radius 1 is 1.14 bits per heavy atom. The first-order valence-corrected chi connectivity index (χ1v) is 7.35. The molecule has 0 aliphatic heterocycles. The molecule has 114 valence electrons. The molecule has 1 aromatic heterocycles. The summed E-state index contributed by atoms with van der Waals surface area (Å²) in [6.07, 6.45) is 2.81. The molecule has 0 aliphatic rings. The maximum atomic E-state index is 5.53. The molecule has 21 heavy (non-hydrogen) atoms. The van der Waals surface area contributed by atoms with Crippen molar-refractivity contribution >= 4 is 0 Å². The Morgan fingerprint density at radius 3 is 2.62 bits per heavy atom. The van der Waals surface area contributed by atoms with Gasteiger partial charge >= 0.3 is 6.01 Å². The van der Waals surface area contributed by atoms with Crippen molar-refractivity contribution in [2.24, 2.45) is 5.41 Å². The van der Waals surface area contributed by atoms with Gasteiger partial charge in [0.05, 0.1) is 5.69 Å². The number of ether oxygens (including phenoxy) is 1. The molecule has 0 amide bonds. The Kier molecular flexibility index (Phi) is 5.33. The van der Waals surface area contributed by atoms with Gasteiger partial charge in [0.2, 0.25) is 0 Å². The standard InChI is InChI=1S/C16H24N4O/c1-16(2,3)9-10-17-11-12-21-15-18-13-20(19-15)14-7-5-4-6-8-14/h4-8,13,17H,9-12H2,1-3H3. The summed E-state index contributed by atoms with van der Waals surface area (Å²) in [6, 6.07) is 10.3. The number of aromatic nitrogens is 3. The first kappa shape index (κ1) is 15.5. The van der Waals surface area contributed by atoms with Crippen molar-refractivity contribution in [2.45, 2.75) is 27.2 Å². The first-order valence-electron chi connectivity index (χ1n) is 7.35. The Balaban J connectivity index is 1.69. The van der Waals surface area contributed by atoms with E-state index in [2.05, 4.69) is 36.2 Å². The van der Waals surface area contributed by atoms with Gasteiger partial charge < -0.3 is 10.1 Å². The zero-order valence-corrected chi connectivity index (χ0v) is 13.0. The van der Waals surface area contributed by atoms with Crippen molar-refractivity contribution in [1.82, 2.24) is 20.1 Å². The van der Waals surface area contributed by atoms with Gasteiger partial charge in [-0.15, -0.1) is 5.10 Å². The van der Waals surface area contributed by atoms with Crippen LogP contribution >= 0.6 is 0 Å². The van der Waals surface area contributed by atoms with Crippen LogP contribution in [-0.2, 0) is 0 Å². The van der Waals surface area contributed by atoms with Crippen LogP contribution in [0.4, 0.5) is 0 Å². The van der Waals surface area contributed by atoms with Crippen LogP contribution in [0.5, 0.6) is 6.01 Å². The van der Waals surface area contributed by atoms with Gasteiger partial charge in [0.1, 0.15) is 12.9 Å². The van der Waals surface area contributed by atoms with E-state index < -0.39 is 0 Å². The quantitative estimate of drug-likeness (QED) is 0.796. The molecule has 0 spiro atoms. The zero-order chi connectivity index (χ0) is 15.1. The van der Waals surface area contributed by atoms with Crippen LogP contribution in [0.3, 0.4) is 0 Å². The van der Waals surface area contributed by atoms with Gasteiger partial charge in [0.15, 0.2) is 0 Å². The third kappa shape index (κ3) is 5.55. The molecular weight excluding hydrogens is 264 g/mol. The van der Waals surface area contributed by atoms with Gasteiger partial charge in [0, 0.05) is 6.54 Å². The minimum Gasteiger partial charge on any atom is -0.461 e. The lowest BCUT2D eigenvalue weighted by Crippen LogP contribution is -2.25. The fourth-order valence-electron chi connectivity index (χ4n) is 1.82. The second kappa shape index (κ2) is 7.22. The lowest BCUT2D eigenvalue weighted by molar-refractivity contribution is 0.284. The van der Waals surface area contributed by atoms with Crippen LogP contribution in [0.15, 0.2) is 36.7 Å². The first-order chi connectivity index (χ1) is 10.0. The van der Waals surface area contributed by atoms with E-state index in [1.807, 2.05) is 30.3 Å². The fraction of sp³-hybridized carbons (Fsp3) is 0.500. The molecule has 0 saturated carbocycles. The molecule has 0 aliphatic carbocycles. The van der Waals surface area contributed by atoms with Gasteiger partial charge in [-0.25, -0.2) is 4.68 Å². The number of benzene rings is 1. The Morgan fingerprint density at radius 2 is 1.90 bits per heavy atom. The van der Waals surface area contributed by atoms with E-state index in [-0.39, 0.29) is 0 Å². The van der Waals surface area contributed by atoms with Crippen molar-refractivity contribution in [3.63, 3.8) is 0 Å². The molecule has 0 saturated heterocycles. The molecule has 1 heterocycles. The topological polar surface area (TPSA) is 52.0 Å². The molecular formula is C16H24N4O. The summed E-state index contributed by atoms with van der Waals surface area (Å²) < 4.78 is 7.25. The van der Waals surface area contributed by atoms with Crippen molar-refractivity contribution in [2.75, 3.05) is 19.7 Å². The minimum atomic E-state index is 0.365. The van der Waals surface area contributed by atoms with E-state index in [1.165, 1.54) is 0 Å². The summed E-state index contributed by atoms with van der Waals surface area (Å²) in [5.74, 6) is 0. The second-order valence-electron chi connectivity index (χ2n) is 6.22. The summed E-state index contributed by atoms with van der Waals surface area (Å²) in [5.41, 5.74) is 1.34. The SMILES string of the molecule is CC(C)(C)CCNCCOc1ncn(-c2ccccc2)n1. The fourth-order valence-corrected chi connectivity index (χ4v) is 1.82. The van der Waals surface area contributed by atoms with Crippen molar-refractivity contribution in [3.8, 4) is 11.7 Å². The molecule has 2 rings (SSSR count). The Bertz CT molecular complexity index is 531. The summed E-state index contributed by atoms with van der Waals surface area (Å²) in [6.45, 7) is 9.10. The Labute approximate surface area is 126 Å². The Hall–Kier alpha value is -1.88. The average Bonchev–Trinajstić information content (AvgIpc) is 2.91. The smallest absolute Gasteiger partial charge is 0.335 e. The van der Waals surface area contributed by atoms with Crippen molar-refractivity contribution in [1.29, 1.82) is 0 Å². The third-order valence-corrected chi connectivity index (χ3v) is 3.05. The monoisotopic (exact) mass is 288 g/mol. The maximum absolute atomic E-state index is 5.53. The highest BCUT2D eigenvalue weighted by atomic mass is 16.5. The molecule has 1 N–H and O–H groups in total.